The van der Waals surface area contributed by atoms with E-state index in [0.29, 0.717) is 24.1 Å². The zero-order valence-electron chi connectivity index (χ0n) is 15.6. The molecule has 0 bridgehead atoms. The highest BCUT2D eigenvalue weighted by Crippen LogP contribution is 2.23. The number of carbonyl (C=O) groups excluding carboxylic acids is 3. The molecule has 136 valence electrons. The van der Waals surface area contributed by atoms with Crippen molar-refractivity contribution in [1.29, 1.82) is 0 Å². The molecule has 3 amide bonds. The molecule has 0 N–H and O–H groups in total. The van der Waals surface area contributed by atoms with Gasteiger partial charge >= 0.3 is 0 Å². The first-order chi connectivity index (χ1) is 11.8. The maximum Gasteiger partial charge on any atom is 0.261 e. The number of hydrogen-bond donors (Lipinski definition) is 0. The largest absolute Gasteiger partial charge is 0.338 e. The first-order valence-electron chi connectivity index (χ1n) is 9.11. The molecular weight excluding hydrogens is 316 g/mol. The predicted molar refractivity (Wildman–Crippen MR) is 97.4 cm³/mol. The lowest BCUT2D eigenvalue weighted by atomic mass is 10.1. The minimum atomic E-state index is -0.206. The molecule has 0 saturated carbocycles. The fraction of sp³-hybridized carbons (Fsp3) is 0.550. The predicted octanol–water partition coefficient (Wildman–Crippen LogP) is 3.49. The van der Waals surface area contributed by atoms with Gasteiger partial charge in [0, 0.05) is 25.0 Å². The maximum atomic E-state index is 12.3. The molecule has 0 aliphatic carbocycles. The second-order valence-electron chi connectivity index (χ2n) is 7.11. The Morgan fingerprint density at radius 1 is 0.920 bits per heavy atom. The van der Waals surface area contributed by atoms with Crippen molar-refractivity contribution in [3.05, 3.63) is 35.4 Å². The van der Waals surface area contributed by atoms with Crippen molar-refractivity contribution in [3.8, 4) is 0 Å². The molecular formula is C20H28N2O3. The smallest absolute Gasteiger partial charge is 0.261 e. The van der Waals surface area contributed by atoms with E-state index in [1.807, 2.05) is 32.6 Å². The minimum absolute atomic E-state index is 0.172. The van der Waals surface area contributed by atoms with E-state index < -0.39 is 0 Å². The highest BCUT2D eigenvalue weighted by molar-refractivity contribution is 6.21. The molecule has 0 radical (unpaired) electrons. The van der Waals surface area contributed by atoms with Crippen molar-refractivity contribution in [2.45, 2.75) is 65.5 Å². The zero-order chi connectivity index (χ0) is 18.6. The third kappa shape index (κ3) is 4.27. The summed E-state index contributed by atoms with van der Waals surface area (Å²) >= 11 is 0. The van der Waals surface area contributed by atoms with Crippen LogP contribution in [-0.4, -0.2) is 46.1 Å². The normalized spacial score (nSPS) is 13.8. The number of imide groups is 1. The molecule has 0 atom stereocenters. The Kier molecular flexibility index (Phi) is 6.34. The average molecular weight is 344 g/mol. The van der Waals surface area contributed by atoms with Crippen LogP contribution < -0.4 is 0 Å². The van der Waals surface area contributed by atoms with Crippen LogP contribution in [0.25, 0.3) is 0 Å². The third-order valence-electron chi connectivity index (χ3n) is 4.55. The Bertz CT molecular complexity index is 609. The number of unbranched alkanes of at least 4 members (excludes halogenated alkanes) is 2. The Morgan fingerprint density at radius 2 is 1.44 bits per heavy atom. The van der Waals surface area contributed by atoms with Crippen molar-refractivity contribution in [2.75, 3.05) is 6.54 Å². The van der Waals surface area contributed by atoms with Gasteiger partial charge in [-0.3, -0.25) is 19.3 Å². The lowest BCUT2D eigenvalue weighted by molar-refractivity contribution is -0.134. The van der Waals surface area contributed by atoms with E-state index in [4.69, 9.17) is 0 Å². The van der Waals surface area contributed by atoms with Gasteiger partial charge in [0.25, 0.3) is 11.8 Å². The van der Waals surface area contributed by atoms with E-state index in [9.17, 15) is 14.4 Å². The van der Waals surface area contributed by atoms with Crippen molar-refractivity contribution >= 4 is 17.7 Å². The van der Waals surface area contributed by atoms with E-state index in [1.165, 1.54) is 4.90 Å². The first-order valence-corrected chi connectivity index (χ1v) is 9.11. The molecule has 2 rings (SSSR count). The van der Waals surface area contributed by atoms with Gasteiger partial charge in [0.05, 0.1) is 11.1 Å². The summed E-state index contributed by atoms with van der Waals surface area (Å²) in [5.74, 6) is -0.240. The SMILES string of the molecule is CC(C)N(C(=O)CCCCCN1C(=O)c2ccccc2C1=O)C(C)C. The summed E-state index contributed by atoms with van der Waals surface area (Å²) in [5.41, 5.74) is 0.986. The van der Waals surface area contributed by atoms with Crippen LogP contribution in [0.2, 0.25) is 0 Å². The quantitative estimate of drug-likeness (QED) is 0.536. The molecule has 0 spiro atoms. The van der Waals surface area contributed by atoms with Crippen molar-refractivity contribution in [1.82, 2.24) is 9.80 Å². The van der Waals surface area contributed by atoms with Crippen molar-refractivity contribution in [2.24, 2.45) is 0 Å². The fourth-order valence-corrected chi connectivity index (χ4v) is 3.47. The monoisotopic (exact) mass is 344 g/mol. The summed E-state index contributed by atoms with van der Waals surface area (Å²) < 4.78 is 0. The number of fused-ring (bicyclic) bond motifs is 1. The van der Waals surface area contributed by atoms with Gasteiger partial charge in [0.15, 0.2) is 0 Å². The number of rotatable bonds is 8. The van der Waals surface area contributed by atoms with E-state index in [-0.39, 0.29) is 29.8 Å². The molecule has 1 heterocycles. The summed E-state index contributed by atoms with van der Waals surface area (Å²) in [6, 6.07) is 7.33. The summed E-state index contributed by atoms with van der Waals surface area (Å²) in [6.07, 6.45) is 2.84. The van der Waals surface area contributed by atoms with Crippen molar-refractivity contribution in [3.63, 3.8) is 0 Å². The lowest BCUT2D eigenvalue weighted by Crippen LogP contribution is -2.41. The Morgan fingerprint density at radius 3 is 1.92 bits per heavy atom. The van der Waals surface area contributed by atoms with E-state index in [0.717, 1.165) is 19.3 Å². The van der Waals surface area contributed by atoms with Gasteiger partial charge in [-0.2, -0.15) is 0 Å². The molecule has 1 aromatic rings. The number of carbonyl (C=O) groups is 3. The zero-order valence-corrected chi connectivity index (χ0v) is 15.6. The molecule has 5 nitrogen and oxygen atoms in total. The third-order valence-corrected chi connectivity index (χ3v) is 4.55. The van der Waals surface area contributed by atoms with Crippen LogP contribution in [0.5, 0.6) is 0 Å². The second kappa shape index (κ2) is 8.28. The second-order valence-corrected chi connectivity index (χ2v) is 7.11. The Hall–Kier alpha value is -2.17. The number of hydrogen-bond acceptors (Lipinski definition) is 3. The molecule has 0 saturated heterocycles. The van der Waals surface area contributed by atoms with Crippen LogP contribution in [0.1, 0.15) is 74.1 Å². The number of benzene rings is 1. The maximum absolute atomic E-state index is 12.3. The number of nitrogens with zero attached hydrogens (tertiary/aromatic N) is 2. The molecule has 1 aliphatic heterocycles. The summed E-state index contributed by atoms with van der Waals surface area (Å²) in [5, 5.41) is 0. The summed E-state index contributed by atoms with van der Waals surface area (Å²) in [7, 11) is 0. The molecule has 0 aromatic heterocycles. The Labute approximate surface area is 150 Å². The van der Waals surface area contributed by atoms with Crippen LogP contribution in [0.4, 0.5) is 0 Å². The molecule has 25 heavy (non-hydrogen) atoms. The Balaban J connectivity index is 1.77. The lowest BCUT2D eigenvalue weighted by Gasteiger charge is -2.30. The van der Waals surface area contributed by atoms with Gasteiger partial charge in [0.2, 0.25) is 5.91 Å². The highest BCUT2D eigenvalue weighted by atomic mass is 16.2. The number of amides is 3. The van der Waals surface area contributed by atoms with E-state index >= 15 is 0 Å². The van der Waals surface area contributed by atoms with Gasteiger partial charge in [-0.1, -0.05) is 18.6 Å². The molecule has 0 unspecified atom stereocenters. The summed E-state index contributed by atoms with van der Waals surface area (Å²) in [6.45, 7) is 8.53. The standard InChI is InChI=1S/C20H28N2O3/c1-14(2)22(15(3)4)18(23)12-6-5-9-13-21-19(24)16-10-7-8-11-17(16)20(21)25/h7-8,10-11,14-15H,5-6,9,12-13H2,1-4H3. The van der Waals surface area contributed by atoms with Gasteiger partial charge in [-0.05, 0) is 52.7 Å². The van der Waals surface area contributed by atoms with Crippen LogP contribution in [0.3, 0.4) is 0 Å². The first kappa shape index (κ1) is 19.2. The van der Waals surface area contributed by atoms with Gasteiger partial charge in [-0.15, -0.1) is 0 Å². The fourth-order valence-electron chi connectivity index (χ4n) is 3.47. The van der Waals surface area contributed by atoms with Crippen molar-refractivity contribution < 1.29 is 14.4 Å². The summed E-state index contributed by atoms with van der Waals surface area (Å²) in [4.78, 5) is 40.1. The van der Waals surface area contributed by atoms with Crippen LogP contribution in [0.15, 0.2) is 24.3 Å². The van der Waals surface area contributed by atoms with Crippen LogP contribution in [-0.2, 0) is 4.79 Å². The van der Waals surface area contributed by atoms with Gasteiger partial charge in [-0.25, -0.2) is 0 Å². The topological polar surface area (TPSA) is 57.7 Å². The highest BCUT2D eigenvalue weighted by Gasteiger charge is 2.34. The molecule has 5 heteroatoms. The molecule has 0 fully saturated rings. The molecule has 1 aromatic carbocycles. The minimum Gasteiger partial charge on any atom is -0.338 e. The van der Waals surface area contributed by atoms with Crippen LogP contribution >= 0.6 is 0 Å². The van der Waals surface area contributed by atoms with Crippen LogP contribution in [0, 0.1) is 0 Å². The van der Waals surface area contributed by atoms with E-state index in [2.05, 4.69) is 0 Å². The van der Waals surface area contributed by atoms with Gasteiger partial charge in [0.1, 0.15) is 0 Å². The van der Waals surface area contributed by atoms with Gasteiger partial charge < -0.3 is 4.90 Å². The average Bonchev–Trinajstić information content (AvgIpc) is 2.79. The molecule has 1 aliphatic rings. The van der Waals surface area contributed by atoms with E-state index in [1.54, 1.807) is 24.3 Å².